The van der Waals surface area contributed by atoms with Gasteiger partial charge in [-0.25, -0.2) is 0 Å². The Bertz CT molecular complexity index is 486. The second-order valence-electron chi connectivity index (χ2n) is 4.82. The van der Waals surface area contributed by atoms with E-state index in [2.05, 4.69) is 6.92 Å². The molecule has 0 atom stereocenters. The molecule has 3 N–H and O–H groups in total. The van der Waals surface area contributed by atoms with Crippen molar-refractivity contribution in [2.24, 2.45) is 0 Å². The molecule has 19 heavy (non-hydrogen) atoms. The summed E-state index contributed by atoms with van der Waals surface area (Å²) >= 11 is 0. The smallest absolute Gasteiger partial charge is 0.303 e. The Kier molecular flexibility index (Phi) is 5.90. The second kappa shape index (κ2) is 6.48. The molecule has 0 bridgehead atoms. The Morgan fingerprint density at radius 1 is 0.789 bits per heavy atom. The van der Waals surface area contributed by atoms with E-state index in [1.807, 2.05) is 27.7 Å². The van der Waals surface area contributed by atoms with Crippen LogP contribution in [0.15, 0.2) is 0 Å². The highest BCUT2D eigenvalue weighted by Gasteiger charge is 2.18. The quantitative estimate of drug-likeness (QED) is 0.849. The first-order valence-electron chi connectivity index (χ1n) is 6.09. The molecule has 0 saturated carbocycles. The number of rotatable bonds is 4. The number of carbonyl (C=O) groups excluding carboxylic acids is 1. The summed E-state index contributed by atoms with van der Waals surface area (Å²) in [5.41, 5.74) is 6.11. The van der Waals surface area contributed by atoms with Crippen LogP contribution in [-0.2, 0) is 4.79 Å². The van der Waals surface area contributed by atoms with E-state index >= 15 is 0 Å². The standard InChI is InChI=1S/C15H20O3.H2O/c1-8-9(2)11(4)15(12(5)10(8)3)13(16)6-7-14(17)18;/h6-7H2,1-5H3,(H,17,18);1H2. The molecule has 0 aliphatic carbocycles. The first kappa shape index (κ1) is 17.3. The molecule has 0 aliphatic rings. The van der Waals surface area contributed by atoms with Crippen LogP contribution in [-0.4, -0.2) is 22.3 Å². The summed E-state index contributed by atoms with van der Waals surface area (Å²) < 4.78 is 0. The van der Waals surface area contributed by atoms with E-state index in [1.54, 1.807) is 0 Å². The number of aliphatic carboxylic acids is 1. The summed E-state index contributed by atoms with van der Waals surface area (Å²) in [6.45, 7) is 9.93. The Morgan fingerprint density at radius 3 is 1.53 bits per heavy atom. The molecule has 0 radical (unpaired) electrons. The summed E-state index contributed by atoms with van der Waals surface area (Å²) in [7, 11) is 0. The van der Waals surface area contributed by atoms with Gasteiger partial charge in [-0.1, -0.05) is 0 Å². The zero-order valence-electron chi connectivity index (χ0n) is 12.2. The summed E-state index contributed by atoms with van der Waals surface area (Å²) in [5.74, 6) is -1.00. The van der Waals surface area contributed by atoms with E-state index in [-0.39, 0.29) is 24.1 Å². The number of benzene rings is 1. The molecule has 0 fully saturated rings. The van der Waals surface area contributed by atoms with Crippen molar-refractivity contribution in [1.82, 2.24) is 0 Å². The number of carbonyl (C=O) groups is 2. The van der Waals surface area contributed by atoms with Gasteiger partial charge >= 0.3 is 5.97 Å². The molecule has 106 valence electrons. The Balaban J connectivity index is 0.00000324. The molecule has 0 heterocycles. The average Bonchev–Trinajstić information content (AvgIpc) is 2.31. The van der Waals surface area contributed by atoms with Crippen LogP contribution < -0.4 is 0 Å². The van der Waals surface area contributed by atoms with Crippen LogP contribution in [0.5, 0.6) is 0 Å². The van der Waals surface area contributed by atoms with Crippen molar-refractivity contribution in [2.75, 3.05) is 0 Å². The van der Waals surface area contributed by atoms with Crippen LogP contribution in [0.4, 0.5) is 0 Å². The molecule has 0 aliphatic heterocycles. The normalized spacial score (nSPS) is 9.95. The molecule has 1 rings (SSSR count). The molecule has 1 aromatic rings. The number of hydrogen-bond acceptors (Lipinski definition) is 2. The van der Waals surface area contributed by atoms with Crippen LogP contribution >= 0.6 is 0 Å². The van der Waals surface area contributed by atoms with Crippen LogP contribution in [0.2, 0.25) is 0 Å². The molecular weight excluding hydrogens is 244 g/mol. The maximum absolute atomic E-state index is 12.1. The lowest BCUT2D eigenvalue weighted by Crippen LogP contribution is -2.11. The van der Waals surface area contributed by atoms with E-state index < -0.39 is 5.97 Å². The van der Waals surface area contributed by atoms with Crippen molar-refractivity contribution >= 4 is 11.8 Å². The minimum Gasteiger partial charge on any atom is -0.481 e. The van der Waals surface area contributed by atoms with Crippen molar-refractivity contribution in [2.45, 2.75) is 47.5 Å². The predicted octanol–water partition coefficient (Wildman–Crippen LogP) is 2.45. The number of ketones is 1. The SMILES string of the molecule is Cc1c(C)c(C)c(C(=O)CCC(=O)O)c(C)c1C.O. The number of hydrogen-bond donors (Lipinski definition) is 1. The third kappa shape index (κ3) is 3.41. The minimum absolute atomic E-state index is 0. The van der Waals surface area contributed by atoms with Crippen molar-refractivity contribution in [3.63, 3.8) is 0 Å². The van der Waals surface area contributed by atoms with Gasteiger partial charge in [-0.3, -0.25) is 9.59 Å². The molecule has 0 amide bonds. The summed E-state index contributed by atoms with van der Waals surface area (Å²) in [6, 6.07) is 0. The fourth-order valence-electron chi connectivity index (χ4n) is 2.26. The molecule has 4 nitrogen and oxygen atoms in total. The van der Waals surface area contributed by atoms with Crippen LogP contribution in [0, 0.1) is 34.6 Å². The van der Waals surface area contributed by atoms with Gasteiger partial charge in [-0.15, -0.1) is 0 Å². The number of carboxylic acid groups (broad SMARTS) is 1. The Hall–Kier alpha value is -1.68. The third-order valence-corrected chi connectivity index (χ3v) is 3.84. The monoisotopic (exact) mass is 266 g/mol. The Morgan fingerprint density at radius 2 is 1.16 bits per heavy atom. The van der Waals surface area contributed by atoms with Gasteiger partial charge in [0.1, 0.15) is 0 Å². The van der Waals surface area contributed by atoms with Gasteiger partial charge in [0, 0.05) is 12.0 Å². The molecule has 0 saturated heterocycles. The molecule has 4 heteroatoms. The maximum atomic E-state index is 12.1. The maximum Gasteiger partial charge on any atom is 0.303 e. The number of carboxylic acids is 1. The molecule has 1 aromatic carbocycles. The molecule has 0 aromatic heterocycles. The van der Waals surface area contributed by atoms with Crippen molar-refractivity contribution < 1.29 is 20.2 Å². The van der Waals surface area contributed by atoms with Gasteiger partial charge in [0.2, 0.25) is 0 Å². The van der Waals surface area contributed by atoms with E-state index in [4.69, 9.17) is 5.11 Å². The Labute approximate surface area is 113 Å². The zero-order chi connectivity index (χ0) is 14.0. The van der Waals surface area contributed by atoms with Crippen molar-refractivity contribution in [1.29, 1.82) is 0 Å². The number of Topliss-reactive ketones (excluding diaryl/α,β-unsaturated/α-hetero) is 1. The third-order valence-electron chi connectivity index (χ3n) is 3.84. The summed E-state index contributed by atoms with van der Waals surface area (Å²) in [6.07, 6.45) is -0.0390. The molecule has 0 unspecified atom stereocenters. The van der Waals surface area contributed by atoms with Gasteiger partial charge in [0.25, 0.3) is 0 Å². The predicted molar refractivity (Wildman–Crippen MR) is 74.9 cm³/mol. The van der Waals surface area contributed by atoms with Crippen molar-refractivity contribution in [3.05, 3.63) is 33.4 Å². The molecule has 0 spiro atoms. The zero-order valence-corrected chi connectivity index (χ0v) is 12.2. The van der Waals surface area contributed by atoms with E-state index in [1.165, 1.54) is 5.56 Å². The lowest BCUT2D eigenvalue weighted by Gasteiger charge is -2.17. The highest BCUT2D eigenvalue weighted by atomic mass is 16.4. The first-order valence-corrected chi connectivity index (χ1v) is 6.09. The second-order valence-corrected chi connectivity index (χ2v) is 4.82. The summed E-state index contributed by atoms with van der Waals surface area (Å²) in [5, 5.41) is 8.65. The van der Waals surface area contributed by atoms with E-state index in [0.29, 0.717) is 5.56 Å². The lowest BCUT2D eigenvalue weighted by atomic mass is 9.87. The van der Waals surface area contributed by atoms with Gasteiger partial charge in [-0.05, 0) is 62.4 Å². The average molecular weight is 266 g/mol. The largest absolute Gasteiger partial charge is 0.481 e. The summed E-state index contributed by atoms with van der Waals surface area (Å²) in [4.78, 5) is 22.7. The van der Waals surface area contributed by atoms with Gasteiger partial charge < -0.3 is 10.6 Å². The first-order chi connectivity index (χ1) is 8.27. The van der Waals surface area contributed by atoms with Gasteiger partial charge in [-0.2, -0.15) is 0 Å². The molecular formula is C15H22O4. The van der Waals surface area contributed by atoms with Crippen LogP contribution in [0.1, 0.15) is 51.0 Å². The van der Waals surface area contributed by atoms with E-state index in [0.717, 1.165) is 22.3 Å². The fraction of sp³-hybridized carbons (Fsp3) is 0.467. The van der Waals surface area contributed by atoms with Crippen LogP contribution in [0.25, 0.3) is 0 Å². The lowest BCUT2D eigenvalue weighted by molar-refractivity contribution is -0.136. The van der Waals surface area contributed by atoms with Crippen molar-refractivity contribution in [3.8, 4) is 0 Å². The fourth-order valence-corrected chi connectivity index (χ4v) is 2.26. The highest BCUT2D eigenvalue weighted by Crippen LogP contribution is 2.27. The highest BCUT2D eigenvalue weighted by molar-refractivity contribution is 6.00. The minimum atomic E-state index is -0.931. The van der Waals surface area contributed by atoms with E-state index in [9.17, 15) is 9.59 Å². The van der Waals surface area contributed by atoms with Crippen LogP contribution in [0.3, 0.4) is 0 Å². The van der Waals surface area contributed by atoms with Gasteiger partial charge in [0.05, 0.1) is 6.42 Å². The van der Waals surface area contributed by atoms with Gasteiger partial charge in [0.15, 0.2) is 5.78 Å². The topological polar surface area (TPSA) is 85.9 Å².